The lowest BCUT2D eigenvalue weighted by Crippen LogP contribution is -2.26. The maximum absolute atomic E-state index is 12.1. The minimum Gasteiger partial charge on any atom is -0.497 e. The van der Waals surface area contributed by atoms with Crippen molar-refractivity contribution in [2.45, 2.75) is 6.42 Å². The molecule has 0 N–H and O–H groups in total. The van der Waals surface area contributed by atoms with Gasteiger partial charge in [-0.25, -0.2) is 4.57 Å². The third-order valence-corrected chi connectivity index (χ3v) is 2.82. The topological polar surface area (TPSA) is 30.2 Å². The first kappa shape index (κ1) is 12.3. The molecule has 0 unspecified atom stereocenters. The molecule has 3 heteroatoms. The highest BCUT2D eigenvalue weighted by Crippen LogP contribution is 2.13. The van der Waals surface area contributed by atoms with E-state index in [2.05, 4.69) is 0 Å². The second kappa shape index (κ2) is 5.45. The highest BCUT2D eigenvalue weighted by molar-refractivity contribution is 5.97. The van der Waals surface area contributed by atoms with Crippen LogP contribution in [0.3, 0.4) is 0 Å². The molecule has 0 spiro atoms. The zero-order valence-electron chi connectivity index (χ0n) is 10.6. The van der Waals surface area contributed by atoms with Gasteiger partial charge in [0.15, 0.2) is 18.2 Å². The summed E-state index contributed by atoms with van der Waals surface area (Å²) in [5.41, 5.74) is 1.73. The van der Waals surface area contributed by atoms with Gasteiger partial charge in [-0.05, 0) is 29.8 Å². The van der Waals surface area contributed by atoms with Crippen LogP contribution < -0.4 is 9.30 Å². The zero-order chi connectivity index (χ0) is 13.0. The van der Waals surface area contributed by atoms with E-state index >= 15 is 0 Å². The number of rotatable bonds is 4. The summed E-state index contributed by atoms with van der Waals surface area (Å²) in [5, 5.41) is 0. The molecule has 1 aromatic heterocycles. The van der Waals surface area contributed by atoms with Crippen LogP contribution in [0.5, 0.6) is 5.75 Å². The Balaban J connectivity index is 2.09. The molecule has 0 amide bonds. The fourth-order valence-corrected chi connectivity index (χ4v) is 1.71. The van der Waals surface area contributed by atoms with E-state index in [4.69, 9.17) is 4.74 Å². The lowest BCUT2D eigenvalue weighted by atomic mass is 10.0. The predicted molar refractivity (Wildman–Crippen MR) is 68.6 cm³/mol. The van der Waals surface area contributed by atoms with Crippen LogP contribution in [0.1, 0.15) is 15.9 Å². The Kier molecular flexibility index (Phi) is 3.72. The molecule has 2 rings (SSSR count). The van der Waals surface area contributed by atoms with Gasteiger partial charge in [0.25, 0.3) is 0 Å². The summed E-state index contributed by atoms with van der Waals surface area (Å²) < 4.78 is 7.01. The van der Waals surface area contributed by atoms with Crippen LogP contribution in [-0.4, -0.2) is 12.9 Å². The van der Waals surface area contributed by atoms with Crippen molar-refractivity contribution in [1.29, 1.82) is 0 Å². The highest BCUT2D eigenvalue weighted by Gasteiger charge is 2.08. The van der Waals surface area contributed by atoms with Crippen molar-refractivity contribution in [2.75, 3.05) is 7.11 Å². The van der Waals surface area contributed by atoms with Gasteiger partial charge in [-0.1, -0.05) is 0 Å². The lowest BCUT2D eigenvalue weighted by Gasteiger charge is -2.03. The highest BCUT2D eigenvalue weighted by atomic mass is 16.5. The summed E-state index contributed by atoms with van der Waals surface area (Å²) in [4.78, 5) is 12.1. The van der Waals surface area contributed by atoms with Crippen LogP contribution in [0.2, 0.25) is 0 Å². The number of hydrogen-bond acceptors (Lipinski definition) is 2. The van der Waals surface area contributed by atoms with Crippen molar-refractivity contribution in [3.63, 3.8) is 0 Å². The average molecular weight is 242 g/mol. The minimum absolute atomic E-state index is 0.117. The van der Waals surface area contributed by atoms with Gasteiger partial charge in [0.05, 0.1) is 7.11 Å². The third-order valence-electron chi connectivity index (χ3n) is 2.82. The zero-order valence-corrected chi connectivity index (χ0v) is 10.6. The van der Waals surface area contributed by atoms with E-state index < -0.39 is 0 Å². The van der Waals surface area contributed by atoms with Gasteiger partial charge >= 0.3 is 0 Å². The molecule has 2 aromatic rings. The SMILES string of the molecule is COc1ccc(C(=O)Cc2cc[n+](C)cc2)cc1. The first-order valence-corrected chi connectivity index (χ1v) is 5.80. The molecular weight excluding hydrogens is 226 g/mol. The molecule has 92 valence electrons. The summed E-state index contributed by atoms with van der Waals surface area (Å²) in [7, 11) is 3.57. The summed E-state index contributed by atoms with van der Waals surface area (Å²) >= 11 is 0. The quantitative estimate of drug-likeness (QED) is 0.606. The molecule has 0 bridgehead atoms. The van der Waals surface area contributed by atoms with Crippen LogP contribution in [0.25, 0.3) is 0 Å². The fraction of sp³-hybridized carbons (Fsp3) is 0.200. The molecule has 0 aliphatic rings. The average Bonchev–Trinajstić information content (AvgIpc) is 2.41. The number of Topliss-reactive ketones (excluding diaryl/α,β-unsaturated/α-hetero) is 1. The van der Waals surface area contributed by atoms with E-state index in [1.807, 2.05) is 36.1 Å². The van der Waals surface area contributed by atoms with Crippen molar-refractivity contribution < 1.29 is 14.1 Å². The van der Waals surface area contributed by atoms with Gasteiger partial charge in [-0.15, -0.1) is 0 Å². The van der Waals surface area contributed by atoms with E-state index in [1.54, 1.807) is 31.4 Å². The molecule has 1 heterocycles. The number of carbonyl (C=O) groups excluding carboxylic acids is 1. The molecule has 0 saturated heterocycles. The van der Waals surface area contributed by atoms with E-state index in [9.17, 15) is 4.79 Å². The maximum atomic E-state index is 12.1. The van der Waals surface area contributed by atoms with E-state index in [0.717, 1.165) is 11.3 Å². The largest absolute Gasteiger partial charge is 0.497 e. The van der Waals surface area contributed by atoms with Crippen LogP contribution in [0.15, 0.2) is 48.8 Å². The second-order valence-electron chi connectivity index (χ2n) is 4.20. The Labute approximate surface area is 107 Å². The van der Waals surface area contributed by atoms with Gasteiger partial charge in [-0.2, -0.15) is 0 Å². The Morgan fingerprint density at radius 2 is 1.72 bits per heavy atom. The number of ether oxygens (including phenoxy) is 1. The number of hydrogen-bond donors (Lipinski definition) is 0. The molecule has 0 aliphatic carbocycles. The number of pyridine rings is 1. The number of methoxy groups -OCH3 is 1. The van der Waals surface area contributed by atoms with Crippen molar-refractivity contribution in [3.8, 4) is 5.75 Å². The number of nitrogens with zero attached hydrogens (tertiary/aromatic N) is 1. The Bertz CT molecular complexity index is 529. The van der Waals surface area contributed by atoms with E-state index in [0.29, 0.717) is 12.0 Å². The normalized spacial score (nSPS) is 10.1. The van der Waals surface area contributed by atoms with Gasteiger partial charge < -0.3 is 4.74 Å². The summed E-state index contributed by atoms with van der Waals surface area (Å²) in [5.74, 6) is 0.879. The number of benzene rings is 1. The molecule has 0 atom stereocenters. The van der Waals surface area contributed by atoms with E-state index in [1.165, 1.54) is 0 Å². The van der Waals surface area contributed by atoms with Crippen molar-refractivity contribution in [3.05, 3.63) is 59.9 Å². The molecule has 3 nitrogen and oxygen atoms in total. The number of aromatic nitrogens is 1. The molecule has 1 aromatic carbocycles. The Morgan fingerprint density at radius 1 is 1.11 bits per heavy atom. The van der Waals surface area contributed by atoms with Gasteiger partial charge in [0, 0.05) is 24.1 Å². The van der Waals surface area contributed by atoms with Crippen LogP contribution in [0.4, 0.5) is 0 Å². The predicted octanol–water partition coefficient (Wildman–Crippen LogP) is 1.95. The van der Waals surface area contributed by atoms with Gasteiger partial charge in [0.2, 0.25) is 0 Å². The molecule has 0 radical (unpaired) electrons. The van der Waals surface area contributed by atoms with Gasteiger partial charge in [0.1, 0.15) is 12.8 Å². The number of aryl methyl sites for hydroxylation is 1. The third kappa shape index (κ3) is 2.94. The number of ketones is 1. The monoisotopic (exact) mass is 242 g/mol. The maximum Gasteiger partial charge on any atom is 0.168 e. The molecule has 0 saturated carbocycles. The lowest BCUT2D eigenvalue weighted by molar-refractivity contribution is -0.671. The summed E-state index contributed by atoms with van der Waals surface area (Å²) in [6.45, 7) is 0. The van der Waals surface area contributed by atoms with E-state index in [-0.39, 0.29) is 5.78 Å². The standard InChI is InChI=1S/C15H16NO2/c1-16-9-7-12(8-10-16)11-15(17)13-3-5-14(18-2)6-4-13/h3-10H,11H2,1-2H3/q+1. The summed E-state index contributed by atoms with van der Waals surface area (Å²) in [6, 6.07) is 11.1. The smallest absolute Gasteiger partial charge is 0.168 e. The summed E-state index contributed by atoms with van der Waals surface area (Å²) in [6.07, 6.45) is 4.31. The Hall–Kier alpha value is -2.16. The first-order chi connectivity index (χ1) is 8.69. The minimum atomic E-state index is 0.117. The molecule has 18 heavy (non-hydrogen) atoms. The van der Waals surface area contributed by atoms with Crippen LogP contribution >= 0.6 is 0 Å². The van der Waals surface area contributed by atoms with Crippen LogP contribution in [0, 0.1) is 0 Å². The number of carbonyl (C=O) groups is 1. The second-order valence-corrected chi connectivity index (χ2v) is 4.20. The van der Waals surface area contributed by atoms with Crippen LogP contribution in [-0.2, 0) is 13.5 Å². The fourth-order valence-electron chi connectivity index (χ4n) is 1.71. The van der Waals surface area contributed by atoms with Crippen molar-refractivity contribution in [1.82, 2.24) is 0 Å². The molecule has 0 aliphatic heterocycles. The molecule has 0 fully saturated rings. The molecular formula is C15H16NO2+. The first-order valence-electron chi connectivity index (χ1n) is 5.80. The Morgan fingerprint density at radius 3 is 2.28 bits per heavy atom. The van der Waals surface area contributed by atoms with Crippen molar-refractivity contribution >= 4 is 5.78 Å². The van der Waals surface area contributed by atoms with Crippen molar-refractivity contribution in [2.24, 2.45) is 7.05 Å². The van der Waals surface area contributed by atoms with Gasteiger partial charge in [-0.3, -0.25) is 4.79 Å².